The van der Waals surface area contributed by atoms with Crippen LogP contribution in [0.3, 0.4) is 0 Å². The largest absolute Gasteiger partial charge is 0.435 e. The number of hydrogen-bond donors (Lipinski definition) is 1. The van der Waals surface area contributed by atoms with Crippen LogP contribution in [-0.2, 0) is 19.8 Å². The van der Waals surface area contributed by atoms with E-state index in [1.54, 1.807) is 0 Å². The summed E-state index contributed by atoms with van der Waals surface area (Å²) < 4.78 is 39.6. The molecule has 0 amide bonds. The van der Waals surface area contributed by atoms with E-state index in [9.17, 15) is 13.2 Å². The molecule has 0 spiro atoms. The average molecular weight is 303 g/mol. The second-order valence-electron chi connectivity index (χ2n) is 5.54. The SMILES string of the molecule is CC1CCCN(C(N)=NCc2cn(C)nc2C(F)(F)F)C1. The number of aliphatic imine (C=N–C) groups is 1. The van der Waals surface area contributed by atoms with Crippen molar-refractivity contribution < 1.29 is 13.2 Å². The molecule has 0 radical (unpaired) electrons. The van der Waals surface area contributed by atoms with Gasteiger partial charge < -0.3 is 10.6 Å². The zero-order chi connectivity index (χ0) is 15.6. The Kier molecular flexibility index (Phi) is 4.43. The van der Waals surface area contributed by atoms with E-state index in [-0.39, 0.29) is 12.1 Å². The number of guanidine groups is 1. The second kappa shape index (κ2) is 5.95. The molecule has 5 nitrogen and oxygen atoms in total. The van der Waals surface area contributed by atoms with Crippen LogP contribution < -0.4 is 5.73 Å². The van der Waals surface area contributed by atoms with E-state index in [0.29, 0.717) is 11.9 Å². The summed E-state index contributed by atoms with van der Waals surface area (Å²) in [5.41, 5.74) is 5.04. The number of likely N-dealkylation sites (tertiary alicyclic amines) is 1. The quantitative estimate of drug-likeness (QED) is 0.671. The number of aromatic nitrogens is 2. The van der Waals surface area contributed by atoms with Crippen LogP contribution in [-0.4, -0.2) is 33.7 Å². The third-order valence-electron chi connectivity index (χ3n) is 3.57. The van der Waals surface area contributed by atoms with Gasteiger partial charge in [0, 0.05) is 31.9 Å². The smallest absolute Gasteiger partial charge is 0.370 e. The summed E-state index contributed by atoms with van der Waals surface area (Å²) in [6, 6.07) is 0. The van der Waals surface area contributed by atoms with Crippen molar-refractivity contribution in [3.8, 4) is 0 Å². The molecule has 1 saturated heterocycles. The van der Waals surface area contributed by atoms with Crippen molar-refractivity contribution in [3.05, 3.63) is 17.5 Å². The molecule has 1 aliphatic heterocycles. The van der Waals surface area contributed by atoms with Crippen molar-refractivity contribution in [1.82, 2.24) is 14.7 Å². The van der Waals surface area contributed by atoms with Crippen molar-refractivity contribution >= 4 is 5.96 Å². The van der Waals surface area contributed by atoms with Crippen molar-refractivity contribution in [3.63, 3.8) is 0 Å². The van der Waals surface area contributed by atoms with Crippen LogP contribution in [0.1, 0.15) is 31.0 Å². The number of nitrogens with zero attached hydrogens (tertiary/aromatic N) is 4. The van der Waals surface area contributed by atoms with Crippen LogP contribution >= 0.6 is 0 Å². The van der Waals surface area contributed by atoms with Crippen LogP contribution in [0.25, 0.3) is 0 Å². The monoisotopic (exact) mass is 303 g/mol. The molecule has 0 saturated carbocycles. The number of nitrogens with two attached hydrogens (primary N) is 1. The van der Waals surface area contributed by atoms with E-state index in [1.165, 1.54) is 13.2 Å². The first kappa shape index (κ1) is 15.7. The van der Waals surface area contributed by atoms with Crippen molar-refractivity contribution in [2.45, 2.75) is 32.5 Å². The third kappa shape index (κ3) is 3.89. The highest BCUT2D eigenvalue weighted by Crippen LogP contribution is 2.30. The molecule has 1 aromatic heterocycles. The zero-order valence-electron chi connectivity index (χ0n) is 12.2. The van der Waals surface area contributed by atoms with Crippen LogP contribution in [0.2, 0.25) is 0 Å². The molecule has 8 heteroatoms. The summed E-state index contributed by atoms with van der Waals surface area (Å²) in [7, 11) is 1.46. The van der Waals surface area contributed by atoms with Crippen molar-refractivity contribution in [1.29, 1.82) is 0 Å². The molecule has 0 aromatic carbocycles. The van der Waals surface area contributed by atoms with Crippen LogP contribution in [0.15, 0.2) is 11.2 Å². The molecule has 2 heterocycles. The molecule has 1 aromatic rings. The zero-order valence-corrected chi connectivity index (χ0v) is 12.2. The number of rotatable bonds is 2. The fraction of sp³-hybridized carbons (Fsp3) is 0.692. The van der Waals surface area contributed by atoms with Gasteiger partial charge in [0.2, 0.25) is 0 Å². The molecule has 0 aliphatic carbocycles. The lowest BCUT2D eigenvalue weighted by Gasteiger charge is -2.31. The highest BCUT2D eigenvalue weighted by molar-refractivity contribution is 5.78. The lowest BCUT2D eigenvalue weighted by Crippen LogP contribution is -2.43. The lowest BCUT2D eigenvalue weighted by molar-refractivity contribution is -0.142. The molecule has 1 fully saturated rings. The first-order valence-corrected chi connectivity index (χ1v) is 6.92. The maximum atomic E-state index is 12.8. The Labute approximate surface area is 121 Å². The Morgan fingerprint density at radius 2 is 2.24 bits per heavy atom. The minimum Gasteiger partial charge on any atom is -0.370 e. The van der Waals surface area contributed by atoms with Crippen molar-refractivity contribution in [2.75, 3.05) is 13.1 Å². The van der Waals surface area contributed by atoms with E-state index in [0.717, 1.165) is 30.6 Å². The van der Waals surface area contributed by atoms with Gasteiger partial charge in [-0.3, -0.25) is 4.68 Å². The summed E-state index contributed by atoms with van der Waals surface area (Å²) in [6.07, 6.45) is -0.971. The summed E-state index contributed by atoms with van der Waals surface area (Å²) in [5, 5.41) is 3.45. The predicted octanol–water partition coefficient (Wildman–Crippen LogP) is 1.99. The maximum absolute atomic E-state index is 12.8. The summed E-state index contributed by atoms with van der Waals surface area (Å²) in [5.74, 6) is 0.829. The number of piperidine rings is 1. The second-order valence-corrected chi connectivity index (χ2v) is 5.54. The van der Waals surface area contributed by atoms with Gasteiger partial charge >= 0.3 is 6.18 Å². The van der Waals surface area contributed by atoms with Crippen molar-refractivity contribution in [2.24, 2.45) is 23.7 Å². The Hall–Kier alpha value is -1.73. The van der Waals surface area contributed by atoms with E-state index in [4.69, 9.17) is 5.73 Å². The molecule has 1 aliphatic rings. The standard InChI is InChI=1S/C13H20F3N5/c1-9-4-3-5-21(7-9)12(17)18-6-10-8-20(2)19-11(10)13(14,15)16/h8-9H,3-7H2,1-2H3,(H2,17,18). The highest BCUT2D eigenvalue weighted by atomic mass is 19.4. The molecule has 2 rings (SSSR count). The van der Waals surface area contributed by atoms with Crippen LogP contribution in [0, 0.1) is 5.92 Å². The van der Waals surface area contributed by atoms with Gasteiger partial charge in [0.1, 0.15) is 0 Å². The number of alkyl halides is 3. The topological polar surface area (TPSA) is 59.4 Å². The Balaban J connectivity index is 2.10. The Bertz CT molecular complexity index is 520. The minimum absolute atomic E-state index is 0.0398. The summed E-state index contributed by atoms with van der Waals surface area (Å²) >= 11 is 0. The average Bonchev–Trinajstić information content (AvgIpc) is 2.77. The first-order chi connectivity index (χ1) is 9.77. The van der Waals surface area contributed by atoms with Gasteiger partial charge in [-0.25, -0.2) is 4.99 Å². The number of aryl methyl sites for hydroxylation is 1. The van der Waals surface area contributed by atoms with E-state index in [1.807, 2.05) is 4.90 Å². The molecule has 0 bridgehead atoms. The molecule has 118 valence electrons. The van der Waals surface area contributed by atoms with E-state index >= 15 is 0 Å². The summed E-state index contributed by atoms with van der Waals surface area (Å²) in [6.45, 7) is 3.62. The van der Waals surface area contributed by atoms with Gasteiger partial charge in [-0.15, -0.1) is 0 Å². The maximum Gasteiger partial charge on any atom is 0.435 e. The molecule has 2 N–H and O–H groups in total. The van der Waals surface area contributed by atoms with Gasteiger partial charge in [0.25, 0.3) is 0 Å². The van der Waals surface area contributed by atoms with Gasteiger partial charge in [0.05, 0.1) is 6.54 Å². The first-order valence-electron chi connectivity index (χ1n) is 6.92. The Morgan fingerprint density at radius 1 is 1.52 bits per heavy atom. The third-order valence-corrected chi connectivity index (χ3v) is 3.57. The molecular formula is C13H20F3N5. The van der Waals surface area contributed by atoms with Crippen LogP contribution in [0.5, 0.6) is 0 Å². The summed E-state index contributed by atoms with van der Waals surface area (Å²) in [4.78, 5) is 6.04. The molecule has 1 unspecified atom stereocenters. The lowest BCUT2D eigenvalue weighted by atomic mass is 10.0. The van der Waals surface area contributed by atoms with Gasteiger partial charge in [0.15, 0.2) is 11.7 Å². The fourth-order valence-corrected chi connectivity index (χ4v) is 2.56. The van der Waals surface area contributed by atoms with Crippen LogP contribution in [0.4, 0.5) is 13.2 Å². The van der Waals surface area contributed by atoms with Gasteiger partial charge in [-0.05, 0) is 18.8 Å². The van der Waals surface area contributed by atoms with Gasteiger partial charge in [-0.1, -0.05) is 6.92 Å². The minimum atomic E-state index is -4.47. The molecular weight excluding hydrogens is 283 g/mol. The fourth-order valence-electron chi connectivity index (χ4n) is 2.56. The van der Waals surface area contributed by atoms with E-state index < -0.39 is 11.9 Å². The van der Waals surface area contributed by atoms with E-state index in [2.05, 4.69) is 17.0 Å². The van der Waals surface area contributed by atoms with Gasteiger partial charge in [-0.2, -0.15) is 18.3 Å². The number of halogens is 3. The molecule has 1 atom stereocenters. The predicted molar refractivity (Wildman–Crippen MR) is 73.5 cm³/mol. The highest BCUT2D eigenvalue weighted by Gasteiger charge is 2.36. The number of hydrogen-bond acceptors (Lipinski definition) is 2. The Morgan fingerprint density at radius 3 is 2.86 bits per heavy atom. The molecule has 21 heavy (non-hydrogen) atoms. The normalized spacial score (nSPS) is 20.9.